The van der Waals surface area contributed by atoms with Crippen molar-refractivity contribution in [1.82, 2.24) is 0 Å². The fourth-order valence-electron chi connectivity index (χ4n) is 17.0. The molecule has 0 unspecified atom stereocenters. The molecule has 16 heteroatoms. The van der Waals surface area contributed by atoms with Gasteiger partial charge in [-0.3, -0.25) is 0 Å². The zero-order valence-corrected chi connectivity index (χ0v) is 72.1. The van der Waals surface area contributed by atoms with Gasteiger partial charge in [-0.15, -0.1) is 0 Å². The number of allylic oxidation sites excluding steroid dienone is 1. The maximum atomic E-state index is 14.4. The van der Waals surface area contributed by atoms with Crippen LogP contribution in [-0.4, -0.2) is 6.86 Å². The van der Waals surface area contributed by atoms with Gasteiger partial charge in [0.25, 0.3) is 0 Å². The summed E-state index contributed by atoms with van der Waals surface area (Å²) >= 11 is 0. The minimum atomic E-state index is -3.75. The van der Waals surface area contributed by atoms with Crippen LogP contribution in [0.15, 0.2) is 188 Å². The average Bonchev–Trinajstić information content (AvgIpc) is 0.797. The Hall–Kier alpha value is -9.44. The molecule has 10 aromatic rings. The molecule has 5 aliphatic rings. The molecule has 15 rings (SSSR count). The van der Waals surface area contributed by atoms with Crippen LogP contribution in [0.5, 0.6) is 11.5 Å². The summed E-state index contributed by atoms with van der Waals surface area (Å²) in [6.07, 6.45) is 28.2. The number of ether oxygens (including phenoxy) is 2. The molecule has 0 amide bonds. The van der Waals surface area contributed by atoms with Crippen molar-refractivity contribution in [2.45, 2.75) is 234 Å². The second kappa shape index (κ2) is 45.3. The lowest BCUT2D eigenvalue weighted by Gasteiger charge is -2.27. The number of hydrogen-bond donors (Lipinski definition) is 0. The van der Waals surface area contributed by atoms with Crippen LogP contribution in [0.4, 0.5) is 61.5 Å². The summed E-state index contributed by atoms with van der Waals surface area (Å²) in [6, 6.07) is 51.5. The molecule has 0 saturated heterocycles. The summed E-state index contributed by atoms with van der Waals surface area (Å²) in [5.41, 5.74) is 10.1. The first-order chi connectivity index (χ1) is 58.3. The average molecular weight is 1700 g/mol. The molecule has 0 spiro atoms. The molecule has 10 aromatic carbocycles. The van der Waals surface area contributed by atoms with Gasteiger partial charge < -0.3 is 9.47 Å². The third-order valence-corrected chi connectivity index (χ3v) is 25.6. The molecule has 0 aromatic heterocycles. The normalized spacial score (nSPS) is 20.9. The van der Waals surface area contributed by atoms with E-state index in [0.29, 0.717) is 74.3 Å². The molecule has 122 heavy (non-hydrogen) atoms. The van der Waals surface area contributed by atoms with Crippen LogP contribution < -0.4 is 9.47 Å². The molecule has 0 aliphatic heterocycles. The highest BCUT2D eigenvalue weighted by Gasteiger charge is 2.37. The van der Waals surface area contributed by atoms with Crippen molar-refractivity contribution >= 4 is 6.08 Å². The first-order valence-electron chi connectivity index (χ1n) is 43.7. The topological polar surface area (TPSA) is 18.5 Å². The molecule has 0 bridgehead atoms. The van der Waals surface area contributed by atoms with Crippen molar-refractivity contribution in [2.75, 3.05) is 6.86 Å². The van der Waals surface area contributed by atoms with Crippen LogP contribution in [0.1, 0.15) is 256 Å². The van der Waals surface area contributed by atoms with Crippen molar-refractivity contribution in [3.8, 4) is 44.9 Å². The standard InChI is InChI=1S/C22H26F2.C22H24F2.C21H22F4O.C20H22F2.C14H19FO.C7H5F3.5H2/c2*1-15-3-6-17(7-4-15)8-9-18-10-12-19(13-11-18)20-14-5-16(2)21(23)22(20)24;1-13-3-6-15(7-4-13)16-8-10-17(11-9-16)21(24,25)26-18-12-5-14(2)19(22)20(18)23;1-13-3-6-15(7-4-13)16-8-10-17(11-9-16)18-12-5-14(2)19(21)20(18)22;1-11-2-4-12(5-3-11)13-6-8-14(9-7-13)16-10-15;1-4-2-3-5(8)7(10)6(4)9;;;;;/h5,10-15,17H,3-4,6-9H2,1-2H3;5,8-15,17H,3-4,6-7H2,1-2H3;5,8-13,15H,3-4,6-7H2,1-2H3;5,8-13,15H,3-4,6-7H2,1-2H3;6-9,11-12H,2-5,10H2,1H3;2-3H,1H3;5*1H. The maximum absolute atomic E-state index is 14.4. The SMILES string of the molecule is CC1CCC(c2ccc(OCF)cc2)CC1.Cc1ccc(-c2ccc(C3CCC(C)CC3)cc2)c(F)c1F.Cc1ccc(-c2ccc(C=CC3CCC(C)CC3)cc2)c(F)c1F.Cc1ccc(-c2ccc(CCC3CCC(C)CC3)cc2)c(F)c1F.Cc1ccc(F)c(F)c1F.Cc1ccc(OC(F)(F)c2ccc(C3CCC(C)CC3)cc2)c(F)c1F.[HH].[HH].[HH].[HH].[HH]. The van der Waals surface area contributed by atoms with Gasteiger partial charge in [0.05, 0.1) is 5.56 Å². The molecule has 5 fully saturated rings. The molecule has 0 atom stereocenters. The highest BCUT2D eigenvalue weighted by Crippen LogP contribution is 2.43. The Kier molecular flexibility index (Phi) is 35.2. The molecule has 662 valence electrons. The lowest BCUT2D eigenvalue weighted by atomic mass is 9.79. The molecule has 5 saturated carbocycles. The van der Waals surface area contributed by atoms with Crippen LogP contribution >= 0.6 is 0 Å². The zero-order chi connectivity index (χ0) is 87.9. The number of halogens is 14. The zero-order valence-electron chi connectivity index (χ0n) is 72.1. The summed E-state index contributed by atoms with van der Waals surface area (Å²) in [6.45, 7) is 18.2. The second-order valence-corrected chi connectivity index (χ2v) is 35.1. The second-order valence-electron chi connectivity index (χ2n) is 35.1. The largest absolute Gasteiger partial charge is 0.463 e. The van der Waals surface area contributed by atoms with E-state index in [1.165, 1.54) is 164 Å². The van der Waals surface area contributed by atoms with E-state index in [0.717, 1.165) is 96.1 Å². The quantitative estimate of drug-likeness (QED) is 0.0709. The van der Waals surface area contributed by atoms with E-state index >= 15 is 0 Å². The van der Waals surface area contributed by atoms with E-state index < -0.39 is 82.7 Å². The first-order valence-corrected chi connectivity index (χ1v) is 43.7. The Labute approximate surface area is 721 Å². The first kappa shape index (κ1) is 94.8. The summed E-state index contributed by atoms with van der Waals surface area (Å²) in [5, 5.41) is 0. The van der Waals surface area contributed by atoms with Gasteiger partial charge in [0.1, 0.15) is 5.75 Å². The number of hydrogen-bond acceptors (Lipinski definition) is 2. The van der Waals surface area contributed by atoms with Crippen LogP contribution in [0.2, 0.25) is 0 Å². The van der Waals surface area contributed by atoms with Gasteiger partial charge in [-0.2, -0.15) is 13.2 Å². The van der Waals surface area contributed by atoms with Crippen molar-refractivity contribution in [3.05, 3.63) is 313 Å². The van der Waals surface area contributed by atoms with Crippen LogP contribution in [0, 0.1) is 140 Å². The summed E-state index contributed by atoms with van der Waals surface area (Å²) in [4.78, 5) is 0. The van der Waals surface area contributed by atoms with E-state index in [9.17, 15) is 61.5 Å². The fourth-order valence-corrected chi connectivity index (χ4v) is 17.0. The summed E-state index contributed by atoms with van der Waals surface area (Å²) < 4.78 is 198. The van der Waals surface area contributed by atoms with Crippen LogP contribution in [-0.2, 0) is 12.5 Å². The Bertz CT molecular complexity index is 4970. The van der Waals surface area contributed by atoms with Crippen molar-refractivity contribution in [2.24, 2.45) is 41.4 Å². The highest BCUT2D eigenvalue weighted by atomic mass is 19.3. The van der Waals surface area contributed by atoms with E-state index in [4.69, 9.17) is 4.74 Å². The van der Waals surface area contributed by atoms with Crippen molar-refractivity contribution < 1.29 is 78.1 Å². The Balaban J connectivity index is 0.000000273. The third-order valence-electron chi connectivity index (χ3n) is 25.6. The van der Waals surface area contributed by atoms with E-state index in [1.54, 1.807) is 69.3 Å². The molecule has 5 aliphatic carbocycles. The number of benzene rings is 10. The smallest absolute Gasteiger partial charge is 0.426 e. The monoisotopic (exact) mass is 1700 g/mol. The van der Waals surface area contributed by atoms with Gasteiger partial charge in [0.15, 0.2) is 63.9 Å². The van der Waals surface area contributed by atoms with Gasteiger partial charge in [-0.25, -0.2) is 48.3 Å². The number of rotatable bonds is 16. The van der Waals surface area contributed by atoms with Crippen LogP contribution in [0.25, 0.3) is 39.5 Å². The summed E-state index contributed by atoms with van der Waals surface area (Å²) in [7, 11) is 0. The third kappa shape index (κ3) is 26.6. The highest BCUT2D eigenvalue weighted by molar-refractivity contribution is 5.68. The molecule has 2 nitrogen and oxygen atoms in total. The maximum Gasteiger partial charge on any atom is 0.426 e. The minimum Gasteiger partial charge on any atom is -0.463 e. The van der Waals surface area contributed by atoms with E-state index in [1.807, 2.05) is 60.7 Å². The molecular weight excluding hydrogens is 1570 g/mol. The van der Waals surface area contributed by atoms with Crippen molar-refractivity contribution in [1.29, 1.82) is 0 Å². The predicted octanol–water partition coefficient (Wildman–Crippen LogP) is 34.3. The molecule has 0 heterocycles. The van der Waals surface area contributed by atoms with Gasteiger partial charge in [0, 0.05) is 23.8 Å². The Morgan fingerprint density at radius 1 is 0.336 bits per heavy atom. The minimum absolute atomic E-state index is 0. The van der Waals surface area contributed by atoms with Crippen molar-refractivity contribution in [3.63, 3.8) is 0 Å². The Morgan fingerprint density at radius 3 is 1.06 bits per heavy atom. The predicted molar refractivity (Wildman–Crippen MR) is 477 cm³/mol. The van der Waals surface area contributed by atoms with Gasteiger partial charge in [0.2, 0.25) is 12.7 Å². The van der Waals surface area contributed by atoms with Gasteiger partial charge in [-0.05, 0) is 267 Å². The lowest BCUT2D eigenvalue weighted by molar-refractivity contribution is -0.187. The summed E-state index contributed by atoms with van der Waals surface area (Å²) in [5.74, 6) is -3.56. The van der Waals surface area contributed by atoms with E-state index in [2.05, 4.69) is 87.9 Å². The molecular formula is C106H128F14O2. The Morgan fingerprint density at radius 2 is 0.664 bits per heavy atom. The van der Waals surface area contributed by atoms with Crippen LogP contribution in [0.3, 0.4) is 0 Å². The van der Waals surface area contributed by atoms with Gasteiger partial charge >= 0.3 is 6.11 Å². The molecule has 0 N–H and O–H groups in total. The fraction of sp³-hybridized carbons (Fsp3) is 0.415. The van der Waals surface area contributed by atoms with E-state index in [-0.39, 0.29) is 23.8 Å². The lowest BCUT2D eigenvalue weighted by Crippen LogP contribution is -2.23. The molecule has 0 radical (unpaired) electrons. The number of alkyl halides is 3. The van der Waals surface area contributed by atoms with Gasteiger partial charge in [-0.1, -0.05) is 269 Å². The number of aryl methyl sites for hydroxylation is 6.